The first-order valence-corrected chi connectivity index (χ1v) is 9.08. The van der Waals surface area contributed by atoms with E-state index in [0.29, 0.717) is 28.4 Å². The molecule has 0 atom stereocenters. The standard InChI is InChI=1S/C17H20N4O3S/c1-2-14-16(25-20-19-14)17(23)18-12-6-5-7-13(10-12)24-11-15(22)21-8-3-4-9-21/h5-7,10H,2-4,8-9,11H2,1H3,(H,18,23). The van der Waals surface area contributed by atoms with Crippen LogP contribution in [-0.4, -0.2) is 46.0 Å². The maximum Gasteiger partial charge on any atom is 0.269 e. The van der Waals surface area contributed by atoms with Gasteiger partial charge in [-0.05, 0) is 42.9 Å². The number of hydrogen-bond donors (Lipinski definition) is 1. The van der Waals surface area contributed by atoms with Crippen LogP contribution < -0.4 is 10.1 Å². The molecule has 2 heterocycles. The lowest BCUT2D eigenvalue weighted by Crippen LogP contribution is -2.32. The second-order valence-electron chi connectivity index (χ2n) is 5.76. The van der Waals surface area contributed by atoms with Gasteiger partial charge < -0.3 is 15.0 Å². The summed E-state index contributed by atoms with van der Waals surface area (Å²) in [5.74, 6) is 0.302. The lowest BCUT2D eigenvalue weighted by Gasteiger charge is -2.15. The molecule has 2 amide bonds. The van der Waals surface area contributed by atoms with Gasteiger partial charge in [-0.25, -0.2) is 0 Å². The summed E-state index contributed by atoms with van der Waals surface area (Å²) in [5.41, 5.74) is 1.29. The number of likely N-dealkylation sites (tertiary alicyclic amines) is 1. The molecule has 0 aliphatic carbocycles. The van der Waals surface area contributed by atoms with E-state index >= 15 is 0 Å². The Labute approximate surface area is 150 Å². The van der Waals surface area contributed by atoms with Crippen molar-refractivity contribution < 1.29 is 14.3 Å². The van der Waals surface area contributed by atoms with Crippen LogP contribution in [0.15, 0.2) is 24.3 Å². The minimum Gasteiger partial charge on any atom is -0.484 e. The molecule has 1 N–H and O–H groups in total. The molecule has 25 heavy (non-hydrogen) atoms. The normalized spacial score (nSPS) is 13.7. The summed E-state index contributed by atoms with van der Waals surface area (Å²) in [6.07, 6.45) is 2.76. The van der Waals surface area contributed by atoms with E-state index in [4.69, 9.17) is 4.74 Å². The predicted molar refractivity (Wildman–Crippen MR) is 95.0 cm³/mol. The summed E-state index contributed by atoms with van der Waals surface area (Å²) >= 11 is 1.08. The van der Waals surface area contributed by atoms with Crippen molar-refractivity contribution in [2.75, 3.05) is 25.0 Å². The van der Waals surface area contributed by atoms with Gasteiger partial charge in [0, 0.05) is 24.8 Å². The zero-order valence-corrected chi connectivity index (χ0v) is 14.8. The van der Waals surface area contributed by atoms with Gasteiger partial charge in [-0.3, -0.25) is 9.59 Å². The van der Waals surface area contributed by atoms with E-state index in [2.05, 4.69) is 14.9 Å². The summed E-state index contributed by atoms with van der Waals surface area (Å²) in [5, 5.41) is 6.76. The summed E-state index contributed by atoms with van der Waals surface area (Å²) in [4.78, 5) is 26.7. The number of aryl methyl sites for hydroxylation is 1. The molecule has 1 fully saturated rings. The van der Waals surface area contributed by atoms with Crippen molar-refractivity contribution in [3.05, 3.63) is 34.8 Å². The van der Waals surface area contributed by atoms with E-state index < -0.39 is 0 Å². The largest absolute Gasteiger partial charge is 0.484 e. The minimum absolute atomic E-state index is 0.00439. The molecule has 1 aliphatic heterocycles. The molecule has 1 saturated heterocycles. The van der Waals surface area contributed by atoms with E-state index in [1.807, 2.05) is 11.8 Å². The number of benzene rings is 1. The fourth-order valence-electron chi connectivity index (χ4n) is 2.67. The van der Waals surface area contributed by atoms with Crippen LogP contribution in [0.5, 0.6) is 5.75 Å². The number of aromatic nitrogens is 2. The first-order chi connectivity index (χ1) is 12.2. The number of carbonyl (C=O) groups excluding carboxylic acids is 2. The maximum atomic E-state index is 12.3. The number of nitrogens with one attached hydrogen (secondary N) is 1. The zero-order chi connectivity index (χ0) is 17.6. The van der Waals surface area contributed by atoms with Crippen LogP contribution in [0.4, 0.5) is 5.69 Å². The zero-order valence-electron chi connectivity index (χ0n) is 14.0. The van der Waals surface area contributed by atoms with Gasteiger partial charge in [0.2, 0.25) is 0 Å². The van der Waals surface area contributed by atoms with Crippen molar-refractivity contribution >= 4 is 29.0 Å². The molecule has 0 saturated carbocycles. The van der Waals surface area contributed by atoms with E-state index in [1.54, 1.807) is 24.3 Å². The van der Waals surface area contributed by atoms with Gasteiger partial charge in [-0.1, -0.05) is 17.5 Å². The van der Waals surface area contributed by atoms with Crippen molar-refractivity contribution in [3.8, 4) is 5.75 Å². The van der Waals surface area contributed by atoms with Crippen molar-refractivity contribution in [1.82, 2.24) is 14.5 Å². The molecule has 2 aromatic rings. The first kappa shape index (κ1) is 17.3. The Kier molecular flexibility index (Phi) is 5.60. The van der Waals surface area contributed by atoms with Crippen molar-refractivity contribution in [2.45, 2.75) is 26.2 Å². The number of amides is 2. The maximum absolute atomic E-state index is 12.3. The molecule has 0 radical (unpaired) electrons. The van der Waals surface area contributed by atoms with Crippen LogP contribution in [0.1, 0.15) is 35.1 Å². The van der Waals surface area contributed by atoms with E-state index in [0.717, 1.165) is 37.5 Å². The number of ether oxygens (including phenoxy) is 1. The van der Waals surface area contributed by atoms with Crippen molar-refractivity contribution in [2.24, 2.45) is 0 Å². The number of carbonyl (C=O) groups is 2. The second-order valence-corrected chi connectivity index (χ2v) is 6.51. The van der Waals surface area contributed by atoms with Crippen LogP contribution in [0.25, 0.3) is 0 Å². The number of anilines is 1. The third-order valence-corrected chi connectivity index (χ3v) is 4.78. The average Bonchev–Trinajstić information content (AvgIpc) is 3.31. The molecule has 8 heteroatoms. The topological polar surface area (TPSA) is 84.4 Å². The van der Waals surface area contributed by atoms with Gasteiger partial charge in [0.25, 0.3) is 11.8 Å². The van der Waals surface area contributed by atoms with Gasteiger partial charge >= 0.3 is 0 Å². The molecule has 1 aliphatic rings. The highest BCUT2D eigenvalue weighted by Gasteiger charge is 2.18. The van der Waals surface area contributed by atoms with Gasteiger partial charge in [0.05, 0.1) is 5.69 Å². The SMILES string of the molecule is CCc1nnsc1C(=O)Nc1cccc(OCC(=O)N2CCCC2)c1. The molecular weight excluding hydrogens is 340 g/mol. The molecule has 3 rings (SSSR count). The Morgan fingerprint density at radius 2 is 2.12 bits per heavy atom. The minimum atomic E-state index is -0.239. The van der Waals surface area contributed by atoms with E-state index in [-0.39, 0.29) is 18.4 Å². The highest BCUT2D eigenvalue weighted by Crippen LogP contribution is 2.20. The highest BCUT2D eigenvalue weighted by atomic mass is 32.1. The smallest absolute Gasteiger partial charge is 0.269 e. The Morgan fingerprint density at radius 1 is 1.32 bits per heavy atom. The fourth-order valence-corrected chi connectivity index (χ4v) is 3.31. The first-order valence-electron chi connectivity index (χ1n) is 8.30. The highest BCUT2D eigenvalue weighted by molar-refractivity contribution is 7.08. The molecule has 0 unspecified atom stereocenters. The molecular formula is C17H20N4O3S. The summed E-state index contributed by atoms with van der Waals surface area (Å²) in [7, 11) is 0. The molecule has 1 aromatic carbocycles. The fraction of sp³-hybridized carbons (Fsp3) is 0.412. The van der Waals surface area contributed by atoms with Gasteiger partial charge in [-0.15, -0.1) is 5.10 Å². The Balaban J connectivity index is 1.59. The van der Waals surface area contributed by atoms with Crippen LogP contribution in [0.2, 0.25) is 0 Å². The van der Waals surface area contributed by atoms with Gasteiger partial charge in [0.1, 0.15) is 10.6 Å². The molecule has 0 spiro atoms. The van der Waals surface area contributed by atoms with Gasteiger partial charge in [0.15, 0.2) is 6.61 Å². The lowest BCUT2D eigenvalue weighted by atomic mass is 10.2. The summed E-state index contributed by atoms with van der Waals surface area (Å²) in [6, 6.07) is 7.01. The number of hydrogen-bond acceptors (Lipinski definition) is 6. The van der Waals surface area contributed by atoms with Gasteiger partial charge in [-0.2, -0.15) is 0 Å². The lowest BCUT2D eigenvalue weighted by molar-refractivity contribution is -0.132. The summed E-state index contributed by atoms with van der Waals surface area (Å²) < 4.78 is 9.40. The average molecular weight is 360 g/mol. The monoisotopic (exact) mass is 360 g/mol. The van der Waals surface area contributed by atoms with E-state index in [1.165, 1.54) is 0 Å². The number of nitrogens with zero attached hydrogens (tertiary/aromatic N) is 3. The van der Waals surface area contributed by atoms with E-state index in [9.17, 15) is 9.59 Å². The molecule has 0 bridgehead atoms. The Bertz CT molecular complexity index is 756. The Morgan fingerprint density at radius 3 is 2.88 bits per heavy atom. The molecule has 1 aromatic heterocycles. The van der Waals surface area contributed by atoms with Crippen LogP contribution in [-0.2, 0) is 11.2 Å². The predicted octanol–water partition coefficient (Wildman–Crippen LogP) is 2.35. The van der Waals surface area contributed by atoms with Crippen molar-refractivity contribution in [1.29, 1.82) is 0 Å². The van der Waals surface area contributed by atoms with Crippen LogP contribution in [0, 0.1) is 0 Å². The van der Waals surface area contributed by atoms with Crippen LogP contribution >= 0.6 is 11.5 Å². The molecule has 7 nitrogen and oxygen atoms in total. The molecule has 132 valence electrons. The van der Waals surface area contributed by atoms with Crippen molar-refractivity contribution in [3.63, 3.8) is 0 Å². The quantitative estimate of drug-likeness (QED) is 0.855. The third kappa shape index (κ3) is 4.33. The second kappa shape index (κ2) is 8.06. The number of rotatable bonds is 6. The third-order valence-electron chi connectivity index (χ3n) is 4.01. The van der Waals surface area contributed by atoms with Crippen LogP contribution in [0.3, 0.4) is 0 Å². The summed E-state index contributed by atoms with van der Waals surface area (Å²) in [6.45, 7) is 3.55. The Hall–Kier alpha value is -2.48.